The topological polar surface area (TPSA) is 65.1 Å². The number of hydrogen-bond donors (Lipinski definition) is 1. The molecule has 0 aliphatic carbocycles. The van der Waals surface area contributed by atoms with Crippen molar-refractivity contribution in [3.63, 3.8) is 0 Å². The third-order valence-corrected chi connectivity index (χ3v) is 5.75. The first-order valence-electron chi connectivity index (χ1n) is 9.88. The Hall–Kier alpha value is -2.28. The van der Waals surface area contributed by atoms with Crippen molar-refractivity contribution in [2.75, 3.05) is 24.5 Å². The van der Waals surface area contributed by atoms with E-state index in [1.807, 2.05) is 6.07 Å². The molecular formula is C20H26FN5O. The lowest BCUT2D eigenvalue weighted by Gasteiger charge is -2.41. The van der Waals surface area contributed by atoms with Gasteiger partial charge < -0.3 is 4.90 Å². The summed E-state index contributed by atoms with van der Waals surface area (Å²) < 4.78 is 13.6. The van der Waals surface area contributed by atoms with Crippen molar-refractivity contribution in [1.29, 1.82) is 0 Å². The summed E-state index contributed by atoms with van der Waals surface area (Å²) in [5, 5.41) is 7.35. The van der Waals surface area contributed by atoms with E-state index in [-0.39, 0.29) is 17.8 Å². The van der Waals surface area contributed by atoms with Crippen LogP contribution in [0.1, 0.15) is 50.2 Å². The zero-order valence-corrected chi connectivity index (χ0v) is 15.7. The third-order valence-electron chi connectivity index (χ3n) is 5.75. The van der Waals surface area contributed by atoms with E-state index >= 15 is 0 Å². The van der Waals surface area contributed by atoms with Gasteiger partial charge in [0, 0.05) is 24.6 Å². The Morgan fingerprint density at radius 1 is 1.22 bits per heavy atom. The number of H-pyrrole nitrogens is 1. The van der Waals surface area contributed by atoms with E-state index in [4.69, 9.17) is 0 Å². The molecule has 1 aromatic carbocycles. The van der Waals surface area contributed by atoms with Crippen LogP contribution in [0.5, 0.6) is 0 Å². The van der Waals surface area contributed by atoms with Crippen LogP contribution in [0, 0.1) is 5.82 Å². The average Bonchev–Trinajstić information content (AvgIpc) is 3.18. The second-order valence-electron chi connectivity index (χ2n) is 7.43. The molecule has 0 saturated carbocycles. The van der Waals surface area contributed by atoms with Crippen molar-refractivity contribution < 1.29 is 9.18 Å². The molecule has 0 bridgehead atoms. The fourth-order valence-corrected chi connectivity index (χ4v) is 4.22. The van der Waals surface area contributed by atoms with Crippen molar-refractivity contribution in [2.24, 2.45) is 0 Å². The van der Waals surface area contributed by atoms with Crippen LogP contribution in [0.4, 0.5) is 10.1 Å². The molecule has 2 fully saturated rings. The highest BCUT2D eigenvalue weighted by atomic mass is 19.1. The molecule has 6 nitrogen and oxygen atoms in total. The van der Waals surface area contributed by atoms with E-state index in [1.165, 1.54) is 12.1 Å². The fourth-order valence-electron chi connectivity index (χ4n) is 4.22. The van der Waals surface area contributed by atoms with Crippen LogP contribution in [0.25, 0.3) is 0 Å². The lowest BCUT2D eigenvalue weighted by molar-refractivity contribution is -0.125. The Morgan fingerprint density at radius 3 is 2.74 bits per heavy atom. The molecule has 1 aromatic heterocycles. The number of carbonyl (C=O) groups is 1. The molecule has 2 aliphatic rings. The molecule has 2 aliphatic heterocycles. The number of carbonyl (C=O) groups excluding carboxylic acids is 1. The molecule has 4 rings (SSSR count). The molecule has 144 valence electrons. The molecule has 7 heteroatoms. The molecule has 0 unspecified atom stereocenters. The number of rotatable bonds is 4. The Labute approximate surface area is 158 Å². The minimum absolute atomic E-state index is 0.0939. The predicted molar refractivity (Wildman–Crippen MR) is 101 cm³/mol. The SMILES string of the molecule is CCc1nc(C2CCN([C@@H]3CCCN(c4cccc(F)c4)C3=O)CC2)n[nH]1. The largest absolute Gasteiger partial charge is 0.311 e. The number of nitrogens with one attached hydrogen (secondary N) is 1. The van der Waals surface area contributed by atoms with Gasteiger partial charge in [-0.3, -0.25) is 14.8 Å². The number of hydrogen-bond acceptors (Lipinski definition) is 4. The molecule has 1 amide bonds. The van der Waals surface area contributed by atoms with Crippen LogP contribution >= 0.6 is 0 Å². The van der Waals surface area contributed by atoms with Crippen molar-refractivity contribution in [1.82, 2.24) is 20.1 Å². The van der Waals surface area contributed by atoms with Crippen molar-refractivity contribution in [3.8, 4) is 0 Å². The summed E-state index contributed by atoms with van der Waals surface area (Å²) in [5.41, 5.74) is 0.660. The minimum atomic E-state index is -0.304. The molecule has 2 aromatic rings. The van der Waals surface area contributed by atoms with Gasteiger partial charge in [-0.1, -0.05) is 13.0 Å². The zero-order valence-electron chi connectivity index (χ0n) is 15.7. The lowest BCUT2D eigenvalue weighted by Crippen LogP contribution is -2.54. The van der Waals surface area contributed by atoms with Gasteiger partial charge in [-0.05, 0) is 57.0 Å². The second-order valence-corrected chi connectivity index (χ2v) is 7.43. The number of piperidine rings is 2. The fraction of sp³-hybridized carbons (Fsp3) is 0.550. The van der Waals surface area contributed by atoms with E-state index in [0.717, 1.165) is 56.8 Å². The first-order chi connectivity index (χ1) is 13.2. The molecule has 27 heavy (non-hydrogen) atoms. The number of aryl methyl sites for hydroxylation is 1. The van der Waals surface area contributed by atoms with E-state index in [2.05, 4.69) is 27.0 Å². The van der Waals surface area contributed by atoms with E-state index in [9.17, 15) is 9.18 Å². The maximum atomic E-state index is 13.6. The van der Waals surface area contributed by atoms with Gasteiger partial charge in [0.15, 0.2) is 5.82 Å². The van der Waals surface area contributed by atoms with Crippen LogP contribution in [0.3, 0.4) is 0 Å². The number of anilines is 1. The van der Waals surface area contributed by atoms with Crippen molar-refractivity contribution >= 4 is 11.6 Å². The van der Waals surface area contributed by atoms with Crippen LogP contribution in [0.2, 0.25) is 0 Å². The number of halogens is 1. The third kappa shape index (κ3) is 3.74. The summed E-state index contributed by atoms with van der Waals surface area (Å²) in [4.78, 5) is 21.7. The Morgan fingerprint density at radius 2 is 2.04 bits per heavy atom. The van der Waals surface area contributed by atoms with Crippen LogP contribution in [0.15, 0.2) is 24.3 Å². The van der Waals surface area contributed by atoms with E-state index in [0.29, 0.717) is 18.2 Å². The first kappa shape index (κ1) is 18.1. The first-order valence-corrected chi connectivity index (χ1v) is 9.88. The quantitative estimate of drug-likeness (QED) is 0.898. The molecule has 0 radical (unpaired) electrons. The van der Waals surface area contributed by atoms with Crippen LogP contribution in [-0.2, 0) is 11.2 Å². The summed E-state index contributed by atoms with van der Waals surface area (Å²) in [7, 11) is 0. The molecule has 3 heterocycles. The standard InChI is InChI=1S/C20H26FN5O/c1-2-18-22-19(24-23-18)14-8-11-25(12-9-14)17-7-4-10-26(20(17)27)16-6-3-5-15(21)13-16/h3,5-6,13-14,17H,2,4,7-12H2,1H3,(H,22,23,24)/t17-/m1/s1. The van der Waals surface area contributed by atoms with Gasteiger partial charge in [0.1, 0.15) is 11.6 Å². The Bertz CT molecular complexity index is 799. The van der Waals surface area contributed by atoms with Gasteiger partial charge in [0.05, 0.1) is 6.04 Å². The smallest absolute Gasteiger partial charge is 0.244 e. The zero-order chi connectivity index (χ0) is 18.8. The average molecular weight is 371 g/mol. The number of benzene rings is 1. The van der Waals surface area contributed by atoms with E-state index < -0.39 is 0 Å². The summed E-state index contributed by atoms with van der Waals surface area (Å²) in [6.45, 7) is 4.46. The number of aromatic nitrogens is 3. The molecule has 1 atom stereocenters. The van der Waals surface area contributed by atoms with Gasteiger partial charge in [-0.25, -0.2) is 9.37 Å². The predicted octanol–water partition coefficient (Wildman–Crippen LogP) is 2.88. The highest BCUT2D eigenvalue weighted by Crippen LogP contribution is 2.30. The monoisotopic (exact) mass is 371 g/mol. The second kappa shape index (κ2) is 7.76. The van der Waals surface area contributed by atoms with Crippen LogP contribution in [-0.4, -0.2) is 51.7 Å². The number of amides is 1. The Kier molecular flexibility index (Phi) is 5.20. The number of likely N-dealkylation sites (tertiary alicyclic amines) is 1. The summed E-state index contributed by atoms with van der Waals surface area (Å²) in [6, 6.07) is 6.22. The number of nitrogens with zero attached hydrogens (tertiary/aromatic N) is 4. The van der Waals surface area contributed by atoms with Gasteiger partial charge in [-0.15, -0.1) is 0 Å². The van der Waals surface area contributed by atoms with Gasteiger partial charge in [0.25, 0.3) is 0 Å². The molecule has 0 spiro atoms. The maximum Gasteiger partial charge on any atom is 0.244 e. The minimum Gasteiger partial charge on any atom is -0.311 e. The normalized spacial score (nSPS) is 22.4. The summed E-state index contributed by atoms with van der Waals surface area (Å²) in [6.07, 6.45) is 4.59. The highest BCUT2D eigenvalue weighted by Gasteiger charge is 2.36. The summed E-state index contributed by atoms with van der Waals surface area (Å²) >= 11 is 0. The molecule has 2 saturated heterocycles. The van der Waals surface area contributed by atoms with Gasteiger partial charge in [-0.2, -0.15) is 5.10 Å². The Balaban J connectivity index is 1.41. The lowest BCUT2D eigenvalue weighted by atomic mass is 9.93. The number of aromatic amines is 1. The maximum absolute atomic E-state index is 13.6. The van der Waals surface area contributed by atoms with Crippen molar-refractivity contribution in [3.05, 3.63) is 41.7 Å². The van der Waals surface area contributed by atoms with Gasteiger partial charge >= 0.3 is 0 Å². The van der Waals surface area contributed by atoms with Crippen molar-refractivity contribution in [2.45, 2.75) is 51.0 Å². The molecular weight excluding hydrogens is 345 g/mol. The van der Waals surface area contributed by atoms with Gasteiger partial charge in [0.2, 0.25) is 5.91 Å². The highest BCUT2D eigenvalue weighted by molar-refractivity contribution is 5.97. The summed E-state index contributed by atoms with van der Waals surface area (Å²) in [5.74, 6) is 1.98. The van der Waals surface area contributed by atoms with Crippen LogP contribution < -0.4 is 4.90 Å². The molecule has 1 N–H and O–H groups in total. The van der Waals surface area contributed by atoms with E-state index in [1.54, 1.807) is 11.0 Å².